The summed E-state index contributed by atoms with van der Waals surface area (Å²) in [6.45, 7) is 0. The minimum atomic E-state index is 0.222. The zero-order chi connectivity index (χ0) is 9.80. The third-order valence-corrected chi connectivity index (χ3v) is 1.66. The lowest BCUT2D eigenvalue weighted by atomic mass is 10.4. The van der Waals surface area contributed by atoms with Gasteiger partial charge in [-0.1, -0.05) is 5.92 Å². The molecule has 2 heterocycles. The van der Waals surface area contributed by atoms with E-state index in [0.29, 0.717) is 5.69 Å². The van der Waals surface area contributed by atoms with Gasteiger partial charge in [-0.2, -0.15) is 10.4 Å². The topological polar surface area (TPSA) is 54.0 Å². The molecule has 0 aliphatic rings. The summed E-state index contributed by atoms with van der Waals surface area (Å²) in [4.78, 5) is 4.11. The molecule has 0 saturated heterocycles. The SMILES string of the molecule is N#CCC#Cc1cnc2cccnn12. The van der Waals surface area contributed by atoms with Crippen LogP contribution in [-0.4, -0.2) is 14.6 Å². The van der Waals surface area contributed by atoms with Gasteiger partial charge >= 0.3 is 0 Å². The Labute approximate surface area is 80.8 Å². The van der Waals surface area contributed by atoms with E-state index >= 15 is 0 Å². The monoisotopic (exact) mass is 182 g/mol. The molecule has 0 radical (unpaired) electrons. The zero-order valence-electron chi connectivity index (χ0n) is 7.31. The third kappa shape index (κ3) is 1.41. The Morgan fingerprint density at radius 2 is 2.43 bits per heavy atom. The van der Waals surface area contributed by atoms with Crippen LogP contribution in [0.1, 0.15) is 12.1 Å². The molecule has 2 rings (SSSR count). The van der Waals surface area contributed by atoms with Crippen LogP contribution in [0.5, 0.6) is 0 Å². The van der Waals surface area contributed by atoms with Crippen LogP contribution in [0.3, 0.4) is 0 Å². The number of nitrogens with zero attached hydrogens (tertiary/aromatic N) is 4. The van der Waals surface area contributed by atoms with Crippen molar-refractivity contribution < 1.29 is 0 Å². The maximum Gasteiger partial charge on any atom is 0.154 e. The summed E-state index contributed by atoms with van der Waals surface area (Å²) < 4.78 is 1.64. The predicted molar refractivity (Wildman–Crippen MR) is 50.1 cm³/mol. The van der Waals surface area contributed by atoms with Gasteiger partial charge in [0.2, 0.25) is 0 Å². The van der Waals surface area contributed by atoms with Gasteiger partial charge in [-0.25, -0.2) is 9.50 Å². The summed E-state index contributed by atoms with van der Waals surface area (Å²) in [7, 11) is 0. The maximum absolute atomic E-state index is 8.32. The van der Waals surface area contributed by atoms with E-state index in [0.717, 1.165) is 5.65 Å². The van der Waals surface area contributed by atoms with Gasteiger partial charge in [0.1, 0.15) is 5.69 Å². The van der Waals surface area contributed by atoms with E-state index in [1.54, 1.807) is 16.9 Å². The number of rotatable bonds is 0. The fraction of sp³-hybridized carbons (Fsp3) is 0.100. The Kier molecular flexibility index (Phi) is 2.12. The summed E-state index contributed by atoms with van der Waals surface area (Å²) >= 11 is 0. The number of imidazole rings is 1. The van der Waals surface area contributed by atoms with Crippen molar-refractivity contribution in [2.75, 3.05) is 0 Å². The molecule has 0 aliphatic carbocycles. The molecular weight excluding hydrogens is 176 g/mol. The zero-order valence-corrected chi connectivity index (χ0v) is 7.31. The van der Waals surface area contributed by atoms with E-state index in [1.165, 1.54) is 0 Å². The molecule has 0 aromatic carbocycles. The van der Waals surface area contributed by atoms with Crippen LogP contribution in [-0.2, 0) is 0 Å². The molecule has 0 saturated carbocycles. The van der Waals surface area contributed by atoms with Crippen LogP contribution in [0.4, 0.5) is 0 Å². The van der Waals surface area contributed by atoms with Crippen LogP contribution in [0.25, 0.3) is 5.65 Å². The van der Waals surface area contributed by atoms with Gasteiger partial charge in [0, 0.05) is 6.20 Å². The highest BCUT2D eigenvalue weighted by Gasteiger charge is 1.98. The molecule has 4 nitrogen and oxygen atoms in total. The molecule has 0 aliphatic heterocycles. The Hall–Kier alpha value is -2.33. The molecule has 0 atom stereocenters. The fourth-order valence-corrected chi connectivity index (χ4v) is 1.09. The molecule has 2 aromatic rings. The Morgan fingerprint density at radius 3 is 3.29 bits per heavy atom. The minimum Gasteiger partial charge on any atom is -0.234 e. The summed E-state index contributed by atoms with van der Waals surface area (Å²) in [6, 6.07) is 5.62. The van der Waals surface area contributed by atoms with Crippen molar-refractivity contribution in [2.24, 2.45) is 0 Å². The van der Waals surface area contributed by atoms with Crippen molar-refractivity contribution in [3.8, 4) is 17.9 Å². The lowest BCUT2D eigenvalue weighted by Crippen LogP contribution is -1.91. The summed E-state index contributed by atoms with van der Waals surface area (Å²) in [6.07, 6.45) is 3.54. The van der Waals surface area contributed by atoms with Crippen molar-refractivity contribution in [1.29, 1.82) is 5.26 Å². The molecule has 0 unspecified atom stereocenters. The van der Waals surface area contributed by atoms with Crippen molar-refractivity contribution in [3.05, 3.63) is 30.2 Å². The Bertz CT molecular complexity index is 550. The number of fused-ring (bicyclic) bond motifs is 1. The average Bonchev–Trinajstić information content (AvgIpc) is 2.63. The van der Waals surface area contributed by atoms with E-state index in [4.69, 9.17) is 5.26 Å². The molecule has 2 aromatic heterocycles. The quantitative estimate of drug-likeness (QED) is 0.571. The maximum atomic E-state index is 8.32. The number of nitriles is 1. The van der Waals surface area contributed by atoms with Crippen molar-refractivity contribution in [3.63, 3.8) is 0 Å². The molecule has 0 fully saturated rings. The predicted octanol–water partition coefficient (Wildman–Crippen LogP) is 0.994. The highest BCUT2D eigenvalue weighted by atomic mass is 15.2. The smallest absolute Gasteiger partial charge is 0.154 e. The normalized spacial score (nSPS) is 9.07. The average molecular weight is 182 g/mol. The van der Waals surface area contributed by atoms with Gasteiger partial charge in [0.25, 0.3) is 0 Å². The molecule has 4 heteroatoms. The van der Waals surface area contributed by atoms with Crippen LogP contribution in [0.2, 0.25) is 0 Å². The van der Waals surface area contributed by atoms with Gasteiger partial charge < -0.3 is 0 Å². The van der Waals surface area contributed by atoms with Gasteiger partial charge in [-0.15, -0.1) is 0 Å². The standard InChI is InChI=1S/C10H6N4/c11-6-2-1-4-9-8-12-10-5-3-7-13-14(9)10/h3,5,7-8H,2H2. The molecular formula is C10H6N4. The highest BCUT2D eigenvalue weighted by Crippen LogP contribution is 2.01. The first-order valence-corrected chi connectivity index (χ1v) is 4.06. The third-order valence-electron chi connectivity index (χ3n) is 1.66. The summed E-state index contributed by atoms with van der Waals surface area (Å²) in [5, 5.41) is 12.4. The Balaban J connectivity index is 2.46. The first-order valence-electron chi connectivity index (χ1n) is 4.06. The van der Waals surface area contributed by atoms with Gasteiger partial charge in [-0.05, 0) is 18.1 Å². The van der Waals surface area contributed by atoms with Crippen LogP contribution in [0, 0.1) is 23.2 Å². The van der Waals surface area contributed by atoms with E-state index in [9.17, 15) is 0 Å². The molecule has 0 N–H and O–H groups in total. The largest absolute Gasteiger partial charge is 0.234 e. The minimum absolute atomic E-state index is 0.222. The van der Waals surface area contributed by atoms with Crippen LogP contribution in [0.15, 0.2) is 24.5 Å². The number of aromatic nitrogens is 3. The number of hydrogen-bond acceptors (Lipinski definition) is 3. The second kappa shape index (κ2) is 3.59. The van der Waals surface area contributed by atoms with Crippen molar-refractivity contribution in [2.45, 2.75) is 6.42 Å². The second-order valence-electron chi connectivity index (χ2n) is 2.57. The van der Waals surface area contributed by atoms with Crippen molar-refractivity contribution >= 4 is 5.65 Å². The second-order valence-corrected chi connectivity index (χ2v) is 2.57. The van der Waals surface area contributed by atoms with E-state index < -0.39 is 0 Å². The first kappa shape index (κ1) is 8.28. The molecule has 0 spiro atoms. The summed E-state index contributed by atoms with van der Waals surface area (Å²) in [5.41, 5.74) is 1.46. The lowest BCUT2D eigenvalue weighted by molar-refractivity contribution is 0.923. The Morgan fingerprint density at radius 1 is 1.50 bits per heavy atom. The molecule has 0 bridgehead atoms. The van der Waals surface area contributed by atoms with Crippen molar-refractivity contribution in [1.82, 2.24) is 14.6 Å². The molecule has 0 amide bonds. The molecule has 66 valence electrons. The first-order chi connectivity index (χ1) is 6.92. The van der Waals surface area contributed by atoms with E-state index in [2.05, 4.69) is 21.9 Å². The fourth-order valence-electron chi connectivity index (χ4n) is 1.09. The highest BCUT2D eigenvalue weighted by molar-refractivity contribution is 5.42. The number of hydrogen-bond donors (Lipinski definition) is 0. The van der Waals surface area contributed by atoms with Crippen LogP contribution < -0.4 is 0 Å². The summed E-state index contributed by atoms with van der Waals surface area (Å²) in [5.74, 6) is 5.55. The van der Waals surface area contributed by atoms with Gasteiger partial charge in [0.05, 0.1) is 18.7 Å². The van der Waals surface area contributed by atoms with E-state index in [-0.39, 0.29) is 6.42 Å². The van der Waals surface area contributed by atoms with Gasteiger partial charge in [-0.3, -0.25) is 0 Å². The van der Waals surface area contributed by atoms with Crippen LogP contribution >= 0.6 is 0 Å². The lowest BCUT2D eigenvalue weighted by Gasteiger charge is -1.90. The van der Waals surface area contributed by atoms with Gasteiger partial charge in [0.15, 0.2) is 5.65 Å². The molecule has 14 heavy (non-hydrogen) atoms. The van der Waals surface area contributed by atoms with E-state index in [1.807, 2.05) is 18.2 Å².